The van der Waals surface area contributed by atoms with Gasteiger partial charge in [0.15, 0.2) is 10.8 Å². The highest BCUT2D eigenvalue weighted by molar-refractivity contribution is 8.00. The van der Waals surface area contributed by atoms with Crippen LogP contribution in [-0.4, -0.2) is 70.4 Å². The van der Waals surface area contributed by atoms with Gasteiger partial charge in [-0.15, -0.1) is 11.8 Å². The lowest BCUT2D eigenvalue weighted by atomic mass is 9.98. The predicted octanol–water partition coefficient (Wildman–Crippen LogP) is 0.589. The number of ether oxygens (including phenoxy) is 2. The summed E-state index contributed by atoms with van der Waals surface area (Å²) in [5.41, 5.74) is 3.78. The van der Waals surface area contributed by atoms with Crippen LogP contribution in [0.3, 0.4) is 0 Å². The molecule has 12 nitrogen and oxygen atoms in total. The second-order valence-corrected chi connectivity index (χ2v) is 10.1. The van der Waals surface area contributed by atoms with E-state index in [1.165, 1.54) is 22.7 Å². The molecule has 0 radical (unpaired) electrons. The number of thiazole rings is 1. The van der Waals surface area contributed by atoms with E-state index in [2.05, 4.69) is 20.3 Å². The number of anilines is 1. The quantitative estimate of drug-likeness (QED) is 0.173. The summed E-state index contributed by atoms with van der Waals surface area (Å²) >= 11 is 1.82. The summed E-state index contributed by atoms with van der Waals surface area (Å²) < 4.78 is 23.9. The van der Waals surface area contributed by atoms with Gasteiger partial charge >= 0.3 is 11.9 Å². The highest BCUT2D eigenvalue weighted by Crippen LogP contribution is 2.38. The number of nitrogens with zero attached hydrogens (tertiary/aromatic N) is 3. The van der Waals surface area contributed by atoms with Gasteiger partial charge in [0, 0.05) is 5.75 Å². The van der Waals surface area contributed by atoms with Crippen molar-refractivity contribution < 1.29 is 37.9 Å². The van der Waals surface area contributed by atoms with Gasteiger partial charge in [-0.05, 0) is 26.8 Å². The smallest absolute Gasteiger partial charge is 0.357 e. The van der Waals surface area contributed by atoms with E-state index in [0.29, 0.717) is 17.1 Å². The Kier molecular flexibility index (Phi) is 7.45. The number of carbonyl (C=O) groups excluding carboxylic acids is 4. The molecule has 2 atom stereocenters. The van der Waals surface area contributed by atoms with Gasteiger partial charge < -0.3 is 25.4 Å². The fourth-order valence-electron chi connectivity index (χ4n) is 2.91. The molecule has 2 aliphatic rings. The summed E-state index contributed by atoms with van der Waals surface area (Å²) in [6.07, 6.45) is 1.50. The van der Waals surface area contributed by atoms with E-state index in [-0.39, 0.29) is 10.8 Å². The molecule has 0 bridgehead atoms. The van der Waals surface area contributed by atoms with Crippen molar-refractivity contribution in [1.29, 1.82) is 0 Å². The molecule has 2 amide bonds. The molecule has 0 spiro atoms. The van der Waals surface area contributed by atoms with Gasteiger partial charge in [0.2, 0.25) is 11.9 Å². The van der Waals surface area contributed by atoms with Crippen LogP contribution in [0.1, 0.15) is 26.5 Å². The molecule has 15 heteroatoms. The van der Waals surface area contributed by atoms with E-state index in [0.717, 1.165) is 7.11 Å². The number of amides is 2. The first-order valence-electron chi connectivity index (χ1n) is 9.79. The number of oxime groups is 1. The fraction of sp³-hybridized carbons (Fsp3) is 0.474. The van der Waals surface area contributed by atoms with Gasteiger partial charge in [-0.2, -0.15) is 4.39 Å². The molecule has 34 heavy (non-hydrogen) atoms. The van der Waals surface area contributed by atoms with Gasteiger partial charge in [0.25, 0.3) is 11.8 Å². The van der Waals surface area contributed by atoms with Crippen molar-refractivity contribution in [3.05, 3.63) is 22.6 Å². The van der Waals surface area contributed by atoms with Gasteiger partial charge in [0.1, 0.15) is 29.9 Å². The number of nitrogens with one attached hydrogen (secondary N) is 1. The van der Waals surface area contributed by atoms with Crippen LogP contribution in [0.15, 0.2) is 16.9 Å². The predicted molar refractivity (Wildman–Crippen MR) is 120 cm³/mol. The SMILES string of the molecule is CO/N=C(\C(=O)N[C@@H]1C(=O)N2C(C(=O)OCOC(=O)C(C)(C)C)=CCS[C@H]12)c1nc(N)sc1F. The average molecular weight is 516 g/mol. The van der Waals surface area contributed by atoms with Gasteiger partial charge in [-0.3, -0.25) is 19.3 Å². The van der Waals surface area contributed by atoms with E-state index in [1.54, 1.807) is 20.8 Å². The Labute approximate surface area is 201 Å². The van der Waals surface area contributed by atoms with Crippen molar-refractivity contribution >= 4 is 57.7 Å². The number of esters is 2. The molecule has 3 N–H and O–H groups in total. The number of β-lactam (4-membered cyclic amide) rings is 1. The lowest BCUT2D eigenvalue weighted by Gasteiger charge is -2.48. The van der Waals surface area contributed by atoms with Crippen LogP contribution < -0.4 is 11.1 Å². The summed E-state index contributed by atoms with van der Waals surface area (Å²) in [7, 11) is 1.16. The minimum atomic E-state index is -1.02. The molecule has 3 rings (SSSR count). The molecule has 1 aromatic heterocycles. The summed E-state index contributed by atoms with van der Waals surface area (Å²) in [5.74, 6) is -2.55. The highest BCUT2D eigenvalue weighted by Gasteiger charge is 2.53. The Morgan fingerprint density at radius 2 is 2.06 bits per heavy atom. The number of halogens is 1. The number of hydrogen-bond donors (Lipinski definition) is 2. The number of carbonyl (C=O) groups is 4. The maximum Gasteiger partial charge on any atom is 0.357 e. The van der Waals surface area contributed by atoms with Gasteiger partial charge in [-0.25, -0.2) is 9.78 Å². The van der Waals surface area contributed by atoms with Gasteiger partial charge in [0.05, 0.1) is 5.41 Å². The first-order valence-corrected chi connectivity index (χ1v) is 11.7. The maximum absolute atomic E-state index is 14.1. The molecular weight excluding hydrogens is 493 g/mol. The van der Waals surface area contributed by atoms with E-state index < -0.39 is 63.9 Å². The van der Waals surface area contributed by atoms with E-state index in [9.17, 15) is 23.6 Å². The normalized spacial score (nSPS) is 20.0. The molecule has 0 aliphatic carbocycles. The zero-order chi connectivity index (χ0) is 25.2. The van der Waals surface area contributed by atoms with Crippen molar-refractivity contribution in [3.63, 3.8) is 0 Å². The minimum Gasteiger partial charge on any atom is -0.427 e. The summed E-state index contributed by atoms with van der Waals surface area (Å²) in [5, 5.41) is 4.41. The second-order valence-electron chi connectivity index (χ2n) is 8.00. The van der Waals surface area contributed by atoms with E-state index in [4.69, 9.17) is 15.2 Å². The Morgan fingerprint density at radius 1 is 1.35 bits per heavy atom. The van der Waals surface area contributed by atoms with Gasteiger partial charge in [-0.1, -0.05) is 16.5 Å². The van der Waals surface area contributed by atoms with Crippen LogP contribution in [-0.2, 0) is 33.5 Å². The number of hydrogen-bond acceptors (Lipinski definition) is 12. The molecule has 1 aromatic rings. The molecule has 3 heterocycles. The number of nitrogens with two attached hydrogens (primary N) is 1. The second kappa shape index (κ2) is 9.97. The zero-order valence-electron chi connectivity index (χ0n) is 18.6. The highest BCUT2D eigenvalue weighted by atomic mass is 32.2. The third-order valence-corrected chi connectivity index (χ3v) is 6.42. The Morgan fingerprint density at radius 3 is 2.65 bits per heavy atom. The van der Waals surface area contributed by atoms with Crippen LogP contribution in [0.5, 0.6) is 0 Å². The van der Waals surface area contributed by atoms with Crippen molar-refractivity contribution in [3.8, 4) is 0 Å². The molecule has 0 saturated carbocycles. The first-order chi connectivity index (χ1) is 16.0. The molecule has 2 aliphatic heterocycles. The number of aromatic nitrogens is 1. The standard InChI is InChI=1S/C19H22FN5O7S2/c1-19(2,3)17(29)32-7-31-16(28)8-5-6-33-15-11(14(27)25(8)15)22-13(26)10(24-30-4)9-12(20)34-18(21)23-9/h5,11,15H,6-7H2,1-4H3,(H2,21,23)(H,22,26)/b24-10-/t11-,15-/m1/s1. The van der Waals surface area contributed by atoms with Crippen molar-refractivity contribution in [1.82, 2.24) is 15.2 Å². The Balaban J connectivity index is 1.64. The minimum absolute atomic E-state index is 0.0323. The summed E-state index contributed by atoms with van der Waals surface area (Å²) in [6, 6.07) is -1.02. The molecule has 184 valence electrons. The van der Waals surface area contributed by atoms with Crippen molar-refractivity contribution in [2.75, 3.05) is 25.4 Å². The number of thioether (sulfide) groups is 1. The fourth-order valence-corrected chi connectivity index (χ4v) is 4.67. The van der Waals surface area contributed by atoms with Crippen LogP contribution in [0.2, 0.25) is 0 Å². The lowest BCUT2D eigenvalue weighted by molar-refractivity contribution is -0.173. The number of rotatable bonds is 7. The number of nitrogen functional groups attached to an aromatic ring is 1. The van der Waals surface area contributed by atoms with Crippen LogP contribution >= 0.6 is 23.1 Å². The molecule has 1 fully saturated rings. The lowest BCUT2D eigenvalue weighted by Crippen LogP contribution is -2.70. The summed E-state index contributed by atoms with van der Waals surface area (Å²) in [4.78, 5) is 59.2. The Bertz CT molecular complexity index is 1080. The van der Waals surface area contributed by atoms with Crippen molar-refractivity contribution in [2.24, 2.45) is 10.6 Å². The third-order valence-electron chi connectivity index (χ3n) is 4.56. The first kappa shape index (κ1) is 25.4. The molecule has 1 saturated heterocycles. The monoisotopic (exact) mass is 515 g/mol. The molecule has 0 unspecified atom stereocenters. The van der Waals surface area contributed by atoms with Crippen LogP contribution in [0.4, 0.5) is 9.52 Å². The molecular formula is C19H22FN5O7S2. The zero-order valence-corrected chi connectivity index (χ0v) is 20.3. The molecule has 0 aromatic carbocycles. The van der Waals surface area contributed by atoms with E-state index in [1.807, 2.05) is 0 Å². The van der Waals surface area contributed by atoms with Crippen LogP contribution in [0.25, 0.3) is 0 Å². The Hall–Kier alpha value is -3.20. The summed E-state index contributed by atoms with van der Waals surface area (Å²) in [6.45, 7) is 4.34. The third kappa shape index (κ3) is 5.14. The van der Waals surface area contributed by atoms with Crippen molar-refractivity contribution in [2.45, 2.75) is 32.2 Å². The topological polar surface area (TPSA) is 163 Å². The largest absolute Gasteiger partial charge is 0.427 e. The maximum atomic E-state index is 14.1. The average Bonchev–Trinajstić information content (AvgIpc) is 3.11. The van der Waals surface area contributed by atoms with E-state index >= 15 is 0 Å². The number of fused-ring (bicyclic) bond motifs is 1. The van der Waals surface area contributed by atoms with Crippen LogP contribution in [0, 0.1) is 10.5 Å².